The summed E-state index contributed by atoms with van der Waals surface area (Å²) < 4.78 is 10.8. The molecule has 0 spiro atoms. The number of carbonyl (C=O) groups excluding carboxylic acids is 1. The van der Waals surface area contributed by atoms with E-state index >= 15 is 0 Å². The van der Waals surface area contributed by atoms with Crippen molar-refractivity contribution in [3.05, 3.63) is 11.3 Å². The van der Waals surface area contributed by atoms with Gasteiger partial charge in [0.15, 0.2) is 0 Å². The smallest absolute Gasteiger partial charge is 0.305 e. The predicted octanol–water partition coefficient (Wildman–Crippen LogP) is 3.62. The van der Waals surface area contributed by atoms with Crippen molar-refractivity contribution in [3.8, 4) is 0 Å². The molecule has 0 aromatic heterocycles. The van der Waals surface area contributed by atoms with Crippen LogP contribution in [0.1, 0.15) is 38.5 Å². The van der Waals surface area contributed by atoms with Crippen LogP contribution in [0.3, 0.4) is 0 Å². The van der Waals surface area contributed by atoms with E-state index in [0.29, 0.717) is 12.8 Å². The second-order valence-corrected chi connectivity index (χ2v) is 9.95. The first-order valence-corrected chi connectivity index (χ1v) is 9.80. The molecule has 0 aromatic rings. The van der Waals surface area contributed by atoms with Crippen molar-refractivity contribution in [2.45, 2.75) is 58.2 Å². The van der Waals surface area contributed by atoms with Crippen molar-refractivity contribution in [2.75, 3.05) is 7.11 Å². The van der Waals surface area contributed by atoms with Crippen molar-refractivity contribution >= 4 is 14.3 Å². The summed E-state index contributed by atoms with van der Waals surface area (Å²) in [5, 5.41) is 0. The summed E-state index contributed by atoms with van der Waals surface area (Å²) in [6, 6.07) is 0. The van der Waals surface area contributed by atoms with E-state index in [1.165, 1.54) is 25.5 Å². The second-order valence-electron chi connectivity index (χ2n) is 5.52. The van der Waals surface area contributed by atoms with Gasteiger partial charge in [-0.15, -0.1) is 0 Å². The zero-order valence-electron chi connectivity index (χ0n) is 11.5. The van der Waals surface area contributed by atoms with Crippen molar-refractivity contribution in [3.63, 3.8) is 0 Å². The van der Waals surface area contributed by atoms with Crippen LogP contribution in [0.5, 0.6) is 0 Å². The summed E-state index contributed by atoms with van der Waals surface area (Å²) in [5.74, 6) is 0.923. The maximum absolute atomic E-state index is 11.2. The lowest BCUT2D eigenvalue weighted by Gasteiger charge is -2.23. The van der Waals surface area contributed by atoms with Crippen LogP contribution in [0.4, 0.5) is 0 Å². The Morgan fingerprint density at radius 2 is 1.76 bits per heavy atom. The predicted molar refractivity (Wildman–Crippen MR) is 71.2 cm³/mol. The number of hydrogen-bond acceptors (Lipinski definition) is 3. The summed E-state index contributed by atoms with van der Waals surface area (Å²) in [7, 11) is -0.145. The van der Waals surface area contributed by atoms with Crippen LogP contribution in [0, 0.1) is 0 Å². The number of ether oxygens (including phenoxy) is 1. The molecule has 1 aliphatic rings. The summed E-state index contributed by atoms with van der Waals surface area (Å²) in [6.45, 7) is 6.54. The zero-order chi connectivity index (χ0) is 12.9. The molecule has 1 fully saturated rings. The van der Waals surface area contributed by atoms with Crippen molar-refractivity contribution in [2.24, 2.45) is 0 Å². The van der Waals surface area contributed by atoms with E-state index in [1.807, 2.05) is 0 Å². The molecule has 0 bridgehead atoms. The topological polar surface area (TPSA) is 35.5 Å². The Balaban J connectivity index is 2.66. The number of carbonyl (C=O) groups is 1. The van der Waals surface area contributed by atoms with Gasteiger partial charge in [0.1, 0.15) is 0 Å². The van der Waals surface area contributed by atoms with Gasteiger partial charge >= 0.3 is 5.97 Å². The minimum atomic E-state index is -1.58. The molecule has 0 atom stereocenters. The van der Waals surface area contributed by atoms with Crippen LogP contribution in [0.25, 0.3) is 0 Å². The van der Waals surface area contributed by atoms with E-state index < -0.39 is 8.32 Å². The second kappa shape index (κ2) is 6.24. The highest BCUT2D eigenvalue weighted by Crippen LogP contribution is 2.31. The van der Waals surface area contributed by atoms with Gasteiger partial charge in [-0.1, -0.05) is 0 Å². The molecule has 0 amide bonds. The number of methoxy groups -OCH3 is 1. The molecule has 3 nitrogen and oxygen atoms in total. The fraction of sp³-hybridized carbons (Fsp3) is 0.769. The summed E-state index contributed by atoms with van der Waals surface area (Å²) in [4.78, 5) is 11.2. The third kappa shape index (κ3) is 5.39. The number of hydrogen-bond donors (Lipinski definition) is 0. The molecule has 17 heavy (non-hydrogen) atoms. The van der Waals surface area contributed by atoms with E-state index in [2.05, 4.69) is 24.4 Å². The Kier molecular flexibility index (Phi) is 5.24. The van der Waals surface area contributed by atoms with Gasteiger partial charge in [-0.25, -0.2) is 0 Å². The molecule has 0 saturated heterocycles. The van der Waals surface area contributed by atoms with Crippen molar-refractivity contribution in [1.82, 2.24) is 0 Å². The largest absolute Gasteiger partial charge is 0.547 e. The first-order chi connectivity index (χ1) is 7.92. The Morgan fingerprint density at radius 3 is 2.24 bits per heavy atom. The first-order valence-electron chi connectivity index (χ1n) is 6.39. The van der Waals surface area contributed by atoms with Crippen molar-refractivity contribution < 1.29 is 14.0 Å². The quantitative estimate of drug-likeness (QED) is 0.428. The normalized spacial score (nSPS) is 15.9. The molecule has 0 heterocycles. The summed E-state index contributed by atoms with van der Waals surface area (Å²) in [6.07, 6.45) is 5.92. The Morgan fingerprint density at radius 1 is 1.18 bits per heavy atom. The van der Waals surface area contributed by atoms with Gasteiger partial charge in [0.2, 0.25) is 8.32 Å². The number of rotatable bonds is 5. The van der Waals surface area contributed by atoms with E-state index in [0.717, 1.165) is 18.6 Å². The molecule has 0 aromatic carbocycles. The molecule has 1 saturated carbocycles. The molecule has 0 unspecified atom stereocenters. The lowest BCUT2D eigenvalue weighted by molar-refractivity contribution is -0.140. The highest BCUT2D eigenvalue weighted by Gasteiger charge is 2.22. The lowest BCUT2D eigenvalue weighted by atomic mass is 10.1. The van der Waals surface area contributed by atoms with Crippen LogP contribution in [0.15, 0.2) is 11.3 Å². The van der Waals surface area contributed by atoms with Crippen LogP contribution in [-0.2, 0) is 14.0 Å². The number of allylic oxidation sites excluding steroid dienone is 2. The molecular weight excluding hydrogens is 232 g/mol. The van der Waals surface area contributed by atoms with Gasteiger partial charge in [-0.2, -0.15) is 0 Å². The maximum Gasteiger partial charge on any atom is 0.305 e. The average Bonchev–Trinajstić information content (AvgIpc) is 2.75. The number of esters is 1. The third-order valence-electron chi connectivity index (χ3n) is 2.81. The monoisotopic (exact) mass is 256 g/mol. The SMILES string of the molecule is COC(=O)CCC(O[Si](C)(C)C)=C1CCCC1. The van der Waals surface area contributed by atoms with Gasteiger partial charge < -0.3 is 9.16 Å². The van der Waals surface area contributed by atoms with E-state index in [4.69, 9.17) is 4.43 Å². The zero-order valence-corrected chi connectivity index (χ0v) is 12.5. The molecule has 1 aliphatic carbocycles. The molecule has 0 N–H and O–H groups in total. The van der Waals surface area contributed by atoms with Gasteiger partial charge in [-0.05, 0) is 50.9 Å². The first kappa shape index (κ1) is 14.3. The summed E-state index contributed by atoms with van der Waals surface area (Å²) in [5.41, 5.74) is 1.43. The Labute approximate surface area is 105 Å². The van der Waals surface area contributed by atoms with E-state index in [1.54, 1.807) is 0 Å². The van der Waals surface area contributed by atoms with Crippen molar-refractivity contribution in [1.29, 1.82) is 0 Å². The molecular formula is C13H24O3Si. The fourth-order valence-corrected chi connectivity index (χ4v) is 3.05. The lowest BCUT2D eigenvalue weighted by Crippen LogP contribution is -2.25. The van der Waals surface area contributed by atoms with Crippen LogP contribution >= 0.6 is 0 Å². The standard InChI is InChI=1S/C13H24O3Si/c1-15-13(14)10-9-12(16-17(2,3)4)11-7-5-6-8-11/h5-10H2,1-4H3. The van der Waals surface area contributed by atoms with Gasteiger partial charge in [0, 0.05) is 6.42 Å². The molecule has 4 heteroatoms. The third-order valence-corrected chi connectivity index (χ3v) is 3.67. The fourth-order valence-electron chi connectivity index (χ4n) is 2.07. The van der Waals surface area contributed by atoms with Crippen LogP contribution < -0.4 is 0 Å². The maximum atomic E-state index is 11.2. The average molecular weight is 256 g/mol. The molecule has 0 aliphatic heterocycles. The van der Waals surface area contributed by atoms with Gasteiger partial charge in [0.25, 0.3) is 0 Å². The molecule has 0 radical (unpaired) electrons. The van der Waals surface area contributed by atoms with Crippen LogP contribution in [0.2, 0.25) is 19.6 Å². The molecule has 1 rings (SSSR count). The molecule has 98 valence electrons. The summed E-state index contributed by atoms with van der Waals surface area (Å²) >= 11 is 0. The van der Waals surface area contributed by atoms with E-state index in [9.17, 15) is 4.79 Å². The van der Waals surface area contributed by atoms with E-state index in [-0.39, 0.29) is 5.97 Å². The van der Waals surface area contributed by atoms with Gasteiger partial charge in [-0.3, -0.25) is 4.79 Å². The Bertz CT molecular complexity index is 294. The highest BCUT2D eigenvalue weighted by atomic mass is 28.4. The van der Waals surface area contributed by atoms with Gasteiger partial charge in [0.05, 0.1) is 19.3 Å². The van der Waals surface area contributed by atoms with Crippen LogP contribution in [-0.4, -0.2) is 21.4 Å². The minimum absolute atomic E-state index is 0.153. The highest BCUT2D eigenvalue weighted by molar-refractivity contribution is 6.70. The Hall–Kier alpha value is -0.773. The minimum Gasteiger partial charge on any atom is -0.547 e.